The molecule has 0 aliphatic carbocycles. The molecule has 20 heavy (non-hydrogen) atoms. The summed E-state index contributed by atoms with van der Waals surface area (Å²) >= 11 is 0. The van der Waals surface area contributed by atoms with E-state index in [0.717, 1.165) is 12.8 Å². The maximum atomic E-state index is 5.78. The Labute approximate surface area is 121 Å². The van der Waals surface area contributed by atoms with Crippen LogP contribution in [0.25, 0.3) is 0 Å². The van der Waals surface area contributed by atoms with Gasteiger partial charge in [-0.25, -0.2) is 0 Å². The predicted octanol–water partition coefficient (Wildman–Crippen LogP) is 2.48. The third-order valence-electron chi connectivity index (χ3n) is 3.77. The van der Waals surface area contributed by atoms with Gasteiger partial charge in [0.2, 0.25) is 0 Å². The van der Waals surface area contributed by atoms with Crippen molar-refractivity contribution >= 4 is 0 Å². The Morgan fingerprint density at radius 1 is 1.25 bits per heavy atom. The van der Waals surface area contributed by atoms with Crippen LogP contribution in [-0.4, -0.2) is 9.78 Å². The minimum Gasteiger partial charge on any atom is -0.276 e. The second-order valence-electron chi connectivity index (χ2n) is 5.59. The highest BCUT2D eigenvalue weighted by molar-refractivity contribution is 5.39. The van der Waals surface area contributed by atoms with E-state index < -0.39 is 0 Å². The van der Waals surface area contributed by atoms with E-state index >= 15 is 0 Å². The largest absolute Gasteiger partial charge is 0.276 e. The smallest absolute Gasteiger partial charge is 0.0521 e. The highest BCUT2D eigenvalue weighted by Crippen LogP contribution is 2.26. The Morgan fingerprint density at radius 3 is 2.40 bits per heavy atom. The van der Waals surface area contributed by atoms with Crippen LogP contribution >= 0.6 is 0 Å². The molecule has 1 atom stereocenters. The number of aromatic nitrogens is 2. The van der Waals surface area contributed by atoms with Gasteiger partial charge in [-0.1, -0.05) is 17.7 Å². The van der Waals surface area contributed by atoms with Crippen LogP contribution in [0.15, 0.2) is 24.5 Å². The van der Waals surface area contributed by atoms with E-state index in [1.807, 2.05) is 17.9 Å². The first-order chi connectivity index (χ1) is 9.51. The number of aryl methyl sites for hydroxylation is 5. The summed E-state index contributed by atoms with van der Waals surface area (Å²) in [5.74, 6) is 5.78. The summed E-state index contributed by atoms with van der Waals surface area (Å²) in [7, 11) is 1.94. The van der Waals surface area contributed by atoms with Crippen molar-refractivity contribution in [1.82, 2.24) is 15.2 Å². The quantitative estimate of drug-likeness (QED) is 0.649. The SMILES string of the molecule is Cc1cc(C)c(C(CCc2cnn(C)c2)NN)c(C)c1. The van der Waals surface area contributed by atoms with Gasteiger partial charge in [-0.05, 0) is 55.9 Å². The van der Waals surface area contributed by atoms with E-state index in [4.69, 9.17) is 5.84 Å². The minimum atomic E-state index is 0.177. The first kappa shape index (κ1) is 14.8. The van der Waals surface area contributed by atoms with E-state index in [9.17, 15) is 0 Å². The van der Waals surface area contributed by atoms with Gasteiger partial charge in [-0.15, -0.1) is 0 Å². The molecular formula is C16H24N4. The molecule has 0 bridgehead atoms. The van der Waals surface area contributed by atoms with Crippen LogP contribution in [0, 0.1) is 20.8 Å². The number of hydrazine groups is 1. The number of hydrogen-bond acceptors (Lipinski definition) is 3. The van der Waals surface area contributed by atoms with Gasteiger partial charge < -0.3 is 0 Å². The summed E-state index contributed by atoms with van der Waals surface area (Å²) in [5, 5.41) is 4.20. The molecule has 0 spiro atoms. The lowest BCUT2D eigenvalue weighted by atomic mass is 9.91. The Kier molecular flexibility index (Phi) is 4.57. The Bertz CT molecular complexity index is 563. The fraction of sp³-hybridized carbons (Fsp3) is 0.438. The predicted molar refractivity (Wildman–Crippen MR) is 82.2 cm³/mol. The second kappa shape index (κ2) is 6.20. The first-order valence-corrected chi connectivity index (χ1v) is 7.02. The van der Waals surface area contributed by atoms with Crippen LogP contribution in [-0.2, 0) is 13.5 Å². The first-order valence-electron chi connectivity index (χ1n) is 7.02. The normalized spacial score (nSPS) is 12.7. The number of hydrogen-bond donors (Lipinski definition) is 2. The number of benzene rings is 1. The van der Waals surface area contributed by atoms with Gasteiger partial charge in [0.05, 0.1) is 6.20 Å². The fourth-order valence-corrected chi connectivity index (χ4v) is 2.96. The highest BCUT2D eigenvalue weighted by atomic mass is 15.2. The van der Waals surface area contributed by atoms with E-state index in [1.54, 1.807) is 0 Å². The van der Waals surface area contributed by atoms with Crippen molar-refractivity contribution in [2.75, 3.05) is 0 Å². The van der Waals surface area contributed by atoms with Crippen molar-refractivity contribution in [1.29, 1.82) is 0 Å². The minimum absolute atomic E-state index is 0.177. The van der Waals surface area contributed by atoms with Gasteiger partial charge in [0.1, 0.15) is 0 Å². The molecule has 0 aliphatic rings. The summed E-state index contributed by atoms with van der Waals surface area (Å²) in [5.41, 5.74) is 9.44. The number of nitrogens with zero attached hydrogens (tertiary/aromatic N) is 2. The van der Waals surface area contributed by atoms with E-state index in [-0.39, 0.29) is 6.04 Å². The highest BCUT2D eigenvalue weighted by Gasteiger charge is 2.15. The van der Waals surface area contributed by atoms with Gasteiger partial charge in [0.15, 0.2) is 0 Å². The molecule has 3 N–H and O–H groups in total. The van der Waals surface area contributed by atoms with Crippen LogP contribution in [0.3, 0.4) is 0 Å². The van der Waals surface area contributed by atoms with Crippen molar-refractivity contribution in [3.05, 3.63) is 52.3 Å². The molecule has 4 nitrogen and oxygen atoms in total. The molecule has 0 aliphatic heterocycles. The van der Waals surface area contributed by atoms with Gasteiger partial charge >= 0.3 is 0 Å². The Balaban J connectivity index is 2.16. The third-order valence-corrected chi connectivity index (χ3v) is 3.77. The van der Waals surface area contributed by atoms with Gasteiger partial charge in [-0.2, -0.15) is 5.10 Å². The van der Waals surface area contributed by atoms with Crippen molar-refractivity contribution in [3.8, 4) is 0 Å². The summed E-state index contributed by atoms with van der Waals surface area (Å²) < 4.78 is 1.84. The monoisotopic (exact) mass is 272 g/mol. The number of nitrogens with one attached hydrogen (secondary N) is 1. The maximum absolute atomic E-state index is 5.78. The Hall–Kier alpha value is -1.65. The zero-order valence-electron chi connectivity index (χ0n) is 12.8. The van der Waals surface area contributed by atoms with Crippen molar-refractivity contribution in [2.45, 2.75) is 39.7 Å². The zero-order valence-corrected chi connectivity index (χ0v) is 12.8. The molecule has 0 amide bonds. The van der Waals surface area contributed by atoms with E-state index in [0.29, 0.717) is 0 Å². The molecule has 1 aromatic heterocycles. The van der Waals surface area contributed by atoms with Crippen molar-refractivity contribution in [2.24, 2.45) is 12.9 Å². The molecule has 0 radical (unpaired) electrons. The number of nitrogens with two attached hydrogens (primary N) is 1. The molecule has 4 heteroatoms. The lowest BCUT2D eigenvalue weighted by Crippen LogP contribution is -2.29. The maximum Gasteiger partial charge on any atom is 0.0521 e. The van der Waals surface area contributed by atoms with Crippen LogP contribution in [0.1, 0.15) is 40.3 Å². The average molecular weight is 272 g/mol. The topological polar surface area (TPSA) is 55.9 Å². The van der Waals surface area contributed by atoms with Crippen molar-refractivity contribution < 1.29 is 0 Å². The summed E-state index contributed by atoms with van der Waals surface area (Å²) in [6, 6.07) is 4.61. The molecule has 0 fully saturated rings. The third kappa shape index (κ3) is 3.26. The summed E-state index contributed by atoms with van der Waals surface area (Å²) in [6.45, 7) is 6.44. The molecule has 0 saturated carbocycles. The van der Waals surface area contributed by atoms with E-state index in [2.05, 4.69) is 49.6 Å². The summed E-state index contributed by atoms with van der Waals surface area (Å²) in [6.07, 6.45) is 5.91. The number of rotatable bonds is 5. The summed E-state index contributed by atoms with van der Waals surface area (Å²) in [4.78, 5) is 0. The molecule has 2 aromatic rings. The standard InChI is InChI=1S/C16H24N4/c1-11-7-12(2)16(13(3)8-11)15(19-17)6-5-14-9-18-20(4)10-14/h7-10,15,19H,5-6,17H2,1-4H3. The van der Waals surface area contributed by atoms with Crippen LogP contribution in [0.4, 0.5) is 0 Å². The second-order valence-corrected chi connectivity index (χ2v) is 5.59. The van der Waals surface area contributed by atoms with Crippen LogP contribution < -0.4 is 11.3 Å². The molecule has 0 saturated heterocycles. The van der Waals surface area contributed by atoms with Crippen molar-refractivity contribution in [3.63, 3.8) is 0 Å². The van der Waals surface area contributed by atoms with Gasteiger partial charge in [0, 0.05) is 19.3 Å². The van der Waals surface area contributed by atoms with Gasteiger partial charge in [-0.3, -0.25) is 16.0 Å². The van der Waals surface area contributed by atoms with Crippen LogP contribution in [0.2, 0.25) is 0 Å². The zero-order chi connectivity index (χ0) is 14.7. The van der Waals surface area contributed by atoms with Gasteiger partial charge in [0.25, 0.3) is 0 Å². The molecule has 1 heterocycles. The Morgan fingerprint density at radius 2 is 1.90 bits per heavy atom. The molecular weight excluding hydrogens is 248 g/mol. The lowest BCUT2D eigenvalue weighted by Gasteiger charge is -2.21. The van der Waals surface area contributed by atoms with E-state index in [1.165, 1.54) is 27.8 Å². The molecule has 1 unspecified atom stereocenters. The molecule has 1 aromatic carbocycles. The molecule has 2 rings (SSSR count). The fourth-order valence-electron chi connectivity index (χ4n) is 2.96. The lowest BCUT2D eigenvalue weighted by molar-refractivity contribution is 0.512. The van der Waals surface area contributed by atoms with Crippen LogP contribution in [0.5, 0.6) is 0 Å². The molecule has 108 valence electrons. The average Bonchev–Trinajstić information content (AvgIpc) is 2.78.